The maximum absolute atomic E-state index is 12.4. The Labute approximate surface area is 233 Å². The van der Waals surface area contributed by atoms with E-state index in [1.54, 1.807) is 31.4 Å². The Balaban J connectivity index is 1.59. The zero-order chi connectivity index (χ0) is 28.3. The van der Waals surface area contributed by atoms with E-state index in [1.807, 2.05) is 25.1 Å². The second-order valence-electron chi connectivity index (χ2n) is 9.32. The zero-order valence-electron chi connectivity index (χ0n) is 22.3. The summed E-state index contributed by atoms with van der Waals surface area (Å²) < 4.78 is 36.7. The van der Waals surface area contributed by atoms with Crippen molar-refractivity contribution < 1.29 is 22.7 Å². The number of nitrogens with zero attached hydrogens (tertiary/aromatic N) is 3. The Kier molecular flexibility index (Phi) is 8.63. The lowest BCUT2D eigenvalue weighted by molar-refractivity contribution is -0.126. The van der Waals surface area contributed by atoms with Gasteiger partial charge >= 0.3 is 0 Å². The Bertz CT molecular complexity index is 1510. The van der Waals surface area contributed by atoms with Crippen LogP contribution in [0.15, 0.2) is 43.1 Å². The third-order valence-corrected chi connectivity index (χ3v) is 7.81. The van der Waals surface area contributed by atoms with E-state index in [-0.39, 0.29) is 24.5 Å². The highest BCUT2D eigenvalue weighted by Gasteiger charge is 2.35. The summed E-state index contributed by atoms with van der Waals surface area (Å²) in [6, 6.07) is 7.15. The number of sulfonamides is 1. The fourth-order valence-electron chi connectivity index (χ4n) is 4.92. The number of carbonyl (C=O) groups excluding carboxylic acids is 1. The summed E-state index contributed by atoms with van der Waals surface area (Å²) in [4.78, 5) is 23.1. The van der Waals surface area contributed by atoms with Gasteiger partial charge in [0.25, 0.3) is 0 Å². The number of carbonyl (C=O) groups is 1. The molecule has 0 spiro atoms. The first-order valence-corrected chi connectivity index (χ1v) is 14.7. The van der Waals surface area contributed by atoms with Crippen LogP contribution in [0.4, 0.5) is 5.95 Å². The third-order valence-electron chi connectivity index (χ3n) is 6.75. The molecule has 0 bridgehead atoms. The van der Waals surface area contributed by atoms with E-state index in [0.717, 1.165) is 33.8 Å². The Morgan fingerprint density at radius 2 is 2.00 bits per heavy atom. The largest absolute Gasteiger partial charge is 0.496 e. The summed E-state index contributed by atoms with van der Waals surface area (Å²) in [6.45, 7) is 6.09. The Morgan fingerprint density at radius 1 is 1.26 bits per heavy atom. The van der Waals surface area contributed by atoms with E-state index in [1.165, 1.54) is 6.08 Å². The van der Waals surface area contributed by atoms with Crippen LogP contribution in [0.1, 0.15) is 18.9 Å². The average molecular weight is 574 g/mol. The van der Waals surface area contributed by atoms with E-state index in [2.05, 4.69) is 26.6 Å². The molecule has 2 aromatic carbocycles. The van der Waals surface area contributed by atoms with Crippen molar-refractivity contribution in [2.24, 2.45) is 0 Å². The predicted molar refractivity (Wildman–Crippen MR) is 153 cm³/mol. The standard InChI is InChI=1S/C27H32ClN5O5S/c1-6-20-22(37-3)12-23(38-4)26(28)25(20)16-8-9-21-17(10-16)13-29-27(32-21)31-18-11-19(14-30-39(5,35)36)33(15-18)24(34)7-2/h7-10,12-13,18-19,30H,2,6,11,14-15H2,1,3-5H3,(H,29,31,32). The number of anilines is 1. The molecule has 1 amide bonds. The van der Waals surface area contributed by atoms with Gasteiger partial charge in [0.05, 0.1) is 31.0 Å². The quantitative estimate of drug-likeness (QED) is 0.352. The van der Waals surface area contributed by atoms with Gasteiger partial charge in [-0.1, -0.05) is 31.2 Å². The molecule has 1 aliphatic rings. The van der Waals surface area contributed by atoms with Crippen LogP contribution in [-0.2, 0) is 21.2 Å². The summed E-state index contributed by atoms with van der Waals surface area (Å²) in [6.07, 6.45) is 5.29. The van der Waals surface area contributed by atoms with Crippen molar-refractivity contribution in [1.82, 2.24) is 19.6 Å². The molecule has 1 aliphatic heterocycles. The minimum absolute atomic E-state index is 0.120. The Hall–Kier alpha value is -3.41. The molecule has 0 saturated carbocycles. The minimum Gasteiger partial charge on any atom is -0.496 e. The predicted octanol–water partition coefficient (Wildman–Crippen LogP) is 3.65. The van der Waals surface area contributed by atoms with Crippen LogP contribution in [0, 0.1) is 0 Å². The lowest BCUT2D eigenvalue weighted by Crippen LogP contribution is -2.42. The number of amides is 1. The molecule has 4 rings (SSSR count). The van der Waals surface area contributed by atoms with Crippen LogP contribution in [0.2, 0.25) is 5.02 Å². The topological polar surface area (TPSA) is 123 Å². The van der Waals surface area contributed by atoms with Gasteiger partial charge in [-0.15, -0.1) is 0 Å². The number of aromatic nitrogens is 2. The molecule has 208 valence electrons. The van der Waals surface area contributed by atoms with Gasteiger partial charge in [0.15, 0.2) is 0 Å². The molecule has 2 atom stereocenters. The number of ether oxygens (including phenoxy) is 2. The first kappa shape index (κ1) is 28.6. The molecule has 1 fully saturated rings. The smallest absolute Gasteiger partial charge is 0.246 e. The average Bonchev–Trinajstić information content (AvgIpc) is 3.33. The number of likely N-dealkylation sites (tertiary alicyclic amines) is 1. The summed E-state index contributed by atoms with van der Waals surface area (Å²) in [5, 5.41) is 4.62. The van der Waals surface area contributed by atoms with Gasteiger partial charge in [-0.3, -0.25) is 4.79 Å². The molecule has 1 aromatic heterocycles. The molecular formula is C27H32ClN5O5S. The summed E-state index contributed by atoms with van der Waals surface area (Å²) in [5.74, 6) is 1.39. The highest BCUT2D eigenvalue weighted by atomic mass is 35.5. The van der Waals surface area contributed by atoms with Crippen LogP contribution in [0.25, 0.3) is 22.0 Å². The number of halogens is 1. The highest BCUT2D eigenvalue weighted by Crippen LogP contribution is 2.44. The molecule has 1 saturated heterocycles. The molecule has 10 nitrogen and oxygen atoms in total. The van der Waals surface area contributed by atoms with Crippen LogP contribution < -0.4 is 19.5 Å². The number of hydrogen-bond acceptors (Lipinski definition) is 8. The first-order chi connectivity index (χ1) is 18.6. The van der Waals surface area contributed by atoms with Crippen LogP contribution >= 0.6 is 11.6 Å². The molecule has 2 N–H and O–H groups in total. The van der Waals surface area contributed by atoms with Gasteiger partial charge in [0.1, 0.15) is 11.5 Å². The normalized spacial score (nSPS) is 17.3. The number of rotatable bonds is 10. The van der Waals surface area contributed by atoms with E-state index in [9.17, 15) is 13.2 Å². The number of fused-ring (bicyclic) bond motifs is 1. The highest BCUT2D eigenvalue weighted by molar-refractivity contribution is 7.88. The van der Waals surface area contributed by atoms with Gasteiger partial charge in [-0.05, 0) is 36.6 Å². The molecule has 0 aliphatic carbocycles. The van der Waals surface area contributed by atoms with E-state index >= 15 is 0 Å². The maximum Gasteiger partial charge on any atom is 0.246 e. The zero-order valence-corrected chi connectivity index (χ0v) is 23.9. The summed E-state index contributed by atoms with van der Waals surface area (Å²) >= 11 is 6.74. The minimum atomic E-state index is -3.39. The summed E-state index contributed by atoms with van der Waals surface area (Å²) in [5.41, 5.74) is 3.43. The van der Waals surface area contributed by atoms with Gasteiger partial charge in [-0.25, -0.2) is 23.1 Å². The molecule has 39 heavy (non-hydrogen) atoms. The molecule has 2 heterocycles. The molecule has 0 radical (unpaired) electrons. The van der Waals surface area contributed by atoms with Crippen molar-refractivity contribution in [3.8, 4) is 22.6 Å². The number of methoxy groups -OCH3 is 2. The fraction of sp³-hybridized carbons (Fsp3) is 0.370. The Morgan fingerprint density at radius 3 is 2.64 bits per heavy atom. The molecule has 2 unspecified atom stereocenters. The third kappa shape index (κ3) is 6.26. The van der Waals surface area contributed by atoms with Crippen LogP contribution in [0.5, 0.6) is 11.5 Å². The lowest BCUT2D eigenvalue weighted by atomic mass is 9.95. The van der Waals surface area contributed by atoms with Gasteiger partial charge in [-0.2, -0.15) is 0 Å². The SMILES string of the molecule is C=CC(=O)N1CC(Nc2ncc3cc(-c4c(Cl)c(OC)cc(OC)c4CC)ccc3n2)CC1CNS(C)(=O)=O. The van der Waals surface area contributed by atoms with Gasteiger partial charge < -0.3 is 19.7 Å². The van der Waals surface area contributed by atoms with Crippen LogP contribution in [-0.4, -0.2) is 74.8 Å². The maximum atomic E-state index is 12.4. The molecular weight excluding hydrogens is 542 g/mol. The van der Waals surface area contributed by atoms with Crippen molar-refractivity contribution in [2.75, 3.05) is 38.9 Å². The number of nitrogens with one attached hydrogen (secondary N) is 2. The second-order valence-corrected chi connectivity index (χ2v) is 11.5. The van der Waals surface area contributed by atoms with Crippen molar-refractivity contribution in [3.63, 3.8) is 0 Å². The monoisotopic (exact) mass is 573 g/mol. The van der Waals surface area contributed by atoms with Crippen LogP contribution in [0.3, 0.4) is 0 Å². The van der Waals surface area contributed by atoms with E-state index in [4.69, 9.17) is 21.1 Å². The first-order valence-electron chi connectivity index (χ1n) is 12.4. The fourth-order valence-corrected chi connectivity index (χ4v) is 5.77. The molecule has 12 heteroatoms. The van der Waals surface area contributed by atoms with Crippen molar-refractivity contribution in [1.29, 1.82) is 0 Å². The van der Waals surface area contributed by atoms with Crippen molar-refractivity contribution in [2.45, 2.75) is 31.8 Å². The lowest BCUT2D eigenvalue weighted by Gasteiger charge is -2.22. The van der Waals surface area contributed by atoms with Crippen molar-refractivity contribution in [3.05, 3.63) is 53.7 Å². The second kappa shape index (κ2) is 11.8. The van der Waals surface area contributed by atoms with E-state index < -0.39 is 10.0 Å². The molecule has 3 aromatic rings. The number of hydrogen-bond donors (Lipinski definition) is 2. The van der Waals surface area contributed by atoms with Gasteiger partial charge in [0.2, 0.25) is 21.9 Å². The van der Waals surface area contributed by atoms with Gasteiger partial charge in [0, 0.05) is 53.9 Å². The van der Waals surface area contributed by atoms with E-state index in [0.29, 0.717) is 41.9 Å². The summed E-state index contributed by atoms with van der Waals surface area (Å²) in [7, 11) is -0.198. The van der Waals surface area contributed by atoms with Crippen molar-refractivity contribution >= 4 is 44.4 Å². The number of benzene rings is 2.